The second-order valence-electron chi connectivity index (χ2n) is 4.35. The van der Waals surface area contributed by atoms with Crippen LogP contribution in [0.2, 0.25) is 0 Å². The molecule has 0 aromatic carbocycles. The first-order valence-corrected chi connectivity index (χ1v) is 4.90. The van der Waals surface area contributed by atoms with E-state index in [-0.39, 0.29) is 18.0 Å². The molecule has 1 saturated heterocycles. The molecular formula is C10H8O5. The smallest absolute Gasteiger partial charge is 0.318 e. The maximum absolute atomic E-state index is 11.5. The number of ketones is 2. The molecule has 2 aliphatic carbocycles. The van der Waals surface area contributed by atoms with Crippen molar-refractivity contribution >= 4 is 23.5 Å². The van der Waals surface area contributed by atoms with Crippen molar-refractivity contribution in [3.63, 3.8) is 0 Å². The van der Waals surface area contributed by atoms with E-state index in [1.54, 1.807) is 0 Å². The molecule has 4 atom stereocenters. The van der Waals surface area contributed by atoms with E-state index in [0.29, 0.717) is 6.42 Å². The van der Waals surface area contributed by atoms with Crippen LogP contribution >= 0.6 is 0 Å². The molecule has 78 valence electrons. The summed E-state index contributed by atoms with van der Waals surface area (Å²) in [4.78, 5) is 45.7. The zero-order valence-corrected chi connectivity index (χ0v) is 7.76. The van der Waals surface area contributed by atoms with Crippen LogP contribution in [0.4, 0.5) is 0 Å². The third-order valence-electron chi connectivity index (χ3n) is 3.68. The number of rotatable bonds is 0. The summed E-state index contributed by atoms with van der Waals surface area (Å²) in [5, 5.41) is 0. The van der Waals surface area contributed by atoms with Crippen molar-refractivity contribution in [3.8, 4) is 0 Å². The van der Waals surface area contributed by atoms with Crippen molar-refractivity contribution in [2.24, 2.45) is 23.7 Å². The molecular weight excluding hydrogens is 200 g/mol. The Morgan fingerprint density at radius 3 is 1.80 bits per heavy atom. The molecule has 3 aliphatic rings. The van der Waals surface area contributed by atoms with E-state index < -0.39 is 35.6 Å². The summed E-state index contributed by atoms with van der Waals surface area (Å²) in [6.07, 6.45) is 0.233. The quantitative estimate of drug-likeness (QED) is 0.395. The minimum atomic E-state index is -0.679. The number of ether oxygens (including phenoxy) is 1. The minimum absolute atomic E-state index is 0.122. The molecule has 0 aromatic heterocycles. The maximum Gasteiger partial charge on any atom is 0.318 e. The van der Waals surface area contributed by atoms with Crippen molar-refractivity contribution < 1.29 is 23.9 Å². The van der Waals surface area contributed by atoms with Crippen LogP contribution in [-0.4, -0.2) is 23.5 Å². The molecule has 15 heavy (non-hydrogen) atoms. The molecule has 0 aromatic rings. The molecule has 5 heteroatoms. The van der Waals surface area contributed by atoms with Gasteiger partial charge in [0.1, 0.15) is 11.6 Å². The lowest BCUT2D eigenvalue weighted by Gasteiger charge is -2.18. The summed E-state index contributed by atoms with van der Waals surface area (Å²) in [7, 11) is 0. The highest BCUT2D eigenvalue weighted by Crippen LogP contribution is 2.50. The molecule has 2 bridgehead atoms. The molecule has 4 unspecified atom stereocenters. The first-order valence-electron chi connectivity index (χ1n) is 4.90. The standard InChI is InChI=1S/C10H8O5/c11-5-2-6(12)4-1-3(5)7-8(4)10(14)15-9(7)13/h3-4,7-8H,1-2H2. The topological polar surface area (TPSA) is 77.5 Å². The number of carbonyl (C=O) groups is 4. The third kappa shape index (κ3) is 0.926. The van der Waals surface area contributed by atoms with Crippen LogP contribution < -0.4 is 0 Å². The average Bonchev–Trinajstić information content (AvgIpc) is 2.63. The van der Waals surface area contributed by atoms with Gasteiger partial charge in [0.15, 0.2) is 0 Å². The van der Waals surface area contributed by atoms with Gasteiger partial charge in [0.05, 0.1) is 18.3 Å². The Hall–Kier alpha value is -1.52. The Labute approximate surface area is 84.8 Å². The highest BCUT2D eigenvalue weighted by Gasteiger charge is 2.63. The normalized spacial score (nSPS) is 43.2. The van der Waals surface area contributed by atoms with Gasteiger partial charge in [-0.15, -0.1) is 0 Å². The predicted molar refractivity (Wildman–Crippen MR) is 44.3 cm³/mol. The van der Waals surface area contributed by atoms with Crippen LogP contribution in [0.15, 0.2) is 0 Å². The van der Waals surface area contributed by atoms with Crippen LogP contribution in [0.25, 0.3) is 0 Å². The second kappa shape index (κ2) is 2.53. The fraction of sp³-hybridized carbons (Fsp3) is 0.600. The summed E-state index contributed by atoms with van der Waals surface area (Å²) < 4.78 is 4.48. The average molecular weight is 208 g/mol. The summed E-state index contributed by atoms with van der Waals surface area (Å²) in [6.45, 7) is 0. The van der Waals surface area contributed by atoms with Crippen molar-refractivity contribution in [1.29, 1.82) is 0 Å². The van der Waals surface area contributed by atoms with Gasteiger partial charge in [0.25, 0.3) is 0 Å². The number of hydrogen-bond acceptors (Lipinski definition) is 5. The zero-order valence-electron chi connectivity index (χ0n) is 7.76. The van der Waals surface area contributed by atoms with Gasteiger partial charge < -0.3 is 4.74 Å². The molecule has 1 heterocycles. The van der Waals surface area contributed by atoms with Gasteiger partial charge in [-0.2, -0.15) is 0 Å². The largest absolute Gasteiger partial charge is 0.393 e. The molecule has 0 amide bonds. The first kappa shape index (κ1) is 8.76. The lowest BCUT2D eigenvalue weighted by Crippen LogP contribution is -2.30. The van der Waals surface area contributed by atoms with E-state index in [2.05, 4.69) is 4.74 Å². The molecule has 0 N–H and O–H groups in total. The Kier molecular flexibility index (Phi) is 1.48. The zero-order chi connectivity index (χ0) is 10.7. The van der Waals surface area contributed by atoms with Crippen molar-refractivity contribution in [2.75, 3.05) is 0 Å². The Bertz CT molecular complexity index is 370. The maximum atomic E-state index is 11.5. The third-order valence-corrected chi connectivity index (χ3v) is 3.68. The summed E-state index contributed by atoms with van der Waals surface area (Å²) in [6, 6.07) is 0. The molecule has 2 saturated carbocycles. The van der Waals surface area contributed by atoms with E-state index in [0.717, 1.165) is 0 Å². The molecule has 1 aliphatic heterocycles. The lowest BCUT2D eigenvalue weighted by molar-refractivity contribution is -0.157. The van der Waals surface area contributed by atoms with Crippen molar-refractivity contribution in [1.82, 2.24) is 0 Å². The molecule has 0 spiro atoms. The number of cyclic esters (lactones) is 2. The number of hydrogen-bond donors (Lipinski definition) is 0. The second-order valence-corrected chi connectivity index (χ2v) is 4.35. The van der Waals surface area contributed by atoms with Gasteiger partial charge in [0, 0.05) is 11.8 Å². The van der Waals surface area contributed by atoms with E-state index >= 15 is 0 Å². The van der Waals surface area contributed by atoms with E-state index in [1.807, 2.05) is 0 Å². The number of carbonyl (C=O) groups excluding carboxylic acids is 4. The van der Waals surface area contributed by atoms with Gasteiger partial charge in [-0.1, -0.05) is 0 Å². The Balaban J connectivity index is 2.09. The molecule has 3 fully saturated rings. The van der Waals surface area contributed by atoms with Crippen LogP contribution in [0, 0.1) is 23.7 Å². The molecule has 3 rings (SSSR count). The van der Waals surface area contributed by atoms with E-state index in [1.165, 1.54) is 0 Å². The number of Topliss-reactive ketones (excluding diaryl/α,β-unsaturated/α-hetero) is 2. The number of esters is 2. The van der Waals surface area contributed by atoms with Gasteiger partial charge in [-0.25, -0.2) is 0 Å². The van der Waals surface area contributed by atoms with Crippen molar-refractivity contribution in [3.05, 3.63) is 0 Å². The highest BCUT2D eigenvalue weighted by molar-refractivity contribution is 6.11. The van der Waals surface area contributed by atoms with Crippen LogP contribution in [-0.2, 0) is 23.9 Å². The lowest BCUT2D eigenvalue weighted by atomic mass is 9.84. The summed E-state index contributed by atoms with van der Waals surface area (Å²) in [5.41, 5.74) is 0. The fourth-order valence-corrected chi connectivity index (χ4v) is 3.02. The van der Waals surface area contributed by atoms with Gasteiger partial charge >= 0.3 is 11.9 Å². The predicted octanol–water partition coefficient (Wildman–Crippen LogP) is -0.520. The fourth-order valence-electron chi connectivity index (χ4n) is 3.02. The van der Waals surface area contributed by atoms with Gasteiger partial charge in [0.2, 0.25) is 0 Å². The minimum Gasteiger partial charge on any atom is -0.393 e. The first-order chi connectivity index (χ1) is 7.09. The Morgan fingerprint density at radius 2 is 1.33 bits per heavy atom. The summed E-state index contributed by atoms with van der Waals surface area (Å²) >= 11 is 0. The molecule has 5 nitrogen and oxygen atoms in total. The van der Waals surface area contributed by atoms with E-state index in [9.17, 15) is 19.2 Å². The highest BCUT2D eigenvalue weighted by atomic mass is 16.6. The SMILES string of the molecule is O=C1CC(=O)C2CC1C1C(=O)OC(=O)C21. The number of fused-ring (bicyclic) bond motifs is 5. The van der Waals surface area contributed by atoms with Crippen molar-refractivity contribution in [2.45, 2.75) is 12.8 Å². The van der Waals surface area contributed by atoms with Gasteiger partial charge in [-0.3, -0.25) is 19.2 Å². The van der Waals surface area contributed by atoms with E-state index in [4.69, 9.17) is 0 Å². The van der Waals surface area contributed by atoms with Crippen LogP contribution in [0.1, 0.15) is 12.8 Å². The monoisotopic (exact) mass is 208 g/mol. The summed E-state index contributed by atoms with van der Waals surface area (Å²) in [5.74, 6) is -3.96. The van der Waals surface area contributed by atoms with Gasteiger partial charge in [-0.05, 0) is 6.42 Å². The van der Waals surface area contributed by atoms with Crippen LogP contribution in [0.3, 0.4) is 0 Å². The van der Waals surface area contributed by atoms with Crippen LogP contribution in [0.5, 0.6) is 0 Å². The molecule has 0 radical (unpaired) electrons. The Morgan fingerprint density at radius 1 is 0.867 bits per heavy atom.